The first-order chi connectivity index (χ1) is 4.77. The molecule has 0 aromatic rings. The zero-order valence-electron chi connectivity index (χ0n) is 6.58. The van der Waals surface area contributed by atoms with E-state index in [0.717, 1.165) is 6.42 Å². The Hall–Kier alpha value is 0.410. The van der Waals surface area contributed by atoms with Gasteiger partial charge >= 0.3 is 0 Å². The van der Waals surface area contributed by atoms with Crippen LogP contribution in [-0.4, -0.2) is 5.08 Å². The van der Waals surface area contributed by atoms with E-state index in [-0.39, 0.29) is 0 Å². The van der Waals surface area contributed by atoms with Crippen molar-refractivity contribution in [2.75, 3.05) is 0 Å². The van der Waals surface area contributed by atoms with E-state index >= 15 is 0 Å². The second kappa shape index (κ2) is 7.52. The third-order valence-corrected chi connectivity index (χ3v) is 1.98. The highest BCUT2D eigenvalue weighted by atomic mass is 79.9. The van der Waals surface area contributed by atoms with E-state index < -0.39 is 5.08 Å². The van der Waals surface area contributed by atoms with Gasteiger partial charge in [0, 0.05) is 0 Å². The summed E-state index contributed by atoms with van der Waals surface area (Å²) in [5.74, 6) is 0. The van der Waals surface area contributed by atoms with E-state index in [0.29, 0.717) is 6.42 Å². The quantitative estimate of drug-likeness (QED) is 0.459. The molecule has 1 atom stereocenters. The van der Waals surface area contributed by atoms with Crippen molar-refractivity contribution in [1.82, 2.24) is 0 Å². The predicted molar refractivity (Wildman–Crippen MR) is 47.2 cm³/mol. The number of rotatable bonds is 6. The summed E-state index contributed by atoms with van der Waals surface area (Å²) in [5.41, 5.74) is 0. The van der Waals surface area contributed by atoms with Crippen LogP contribution in [0.3, 0.4) is 0 Å². The molecule has 0 aromatic carbocycles. The molecule has 0 nitrogen and oxygen atoms in total. The highest BCUT2D eigenvalue weighted by Crippen LogP contribution is 2.12. The maximum absolute atomic E-state index is 12.1. The van der Waals surface area contributed by atoms with Gasteiger partial charge in [-0.15, -0.1) is 0 Å². The van der Waals surface area contributed by atoms with Crippen LogP contribution in [0.15, 0.2) is 0 Å². The maximum atomic E-state index is 12.1. The van der Waals surface area contributed by atoms with Crippen molar-refractivity contribution in [1.29, 1.82) is 0 Å². The Kier molecular flexibility index (Phi) is 7.82. The van der Waals surface area contributed by atoms with Crippen molar-refractivity contribution >= 4 is 15.9 Å². The molecule has 0 aliphatic carbocycles. The van der Waals surface area contributed by atoms with Crippen LogP contribution >= 0.6 is 15.9 Å². The number of hydrogen-bond donors (Lipinski definition) is 0. The molecule has 0 bridgehead atoms. The minimum absolute atomic E-state index is 0.670. The van der Waals surface area contributed by atoms with E-state index in [1.54, 1.807) is 0 Å². The first-order valence-corrected chi connectivity index (χ1v) is 4.97. The Balaban J connectivity index is 2.77. The summed E-state index contributed by atoms with van der Waals surface area (Å²) in [6.07, 6.45) is 6.68. The molecule has 0 N–H and O–H groups in total. The van der Waals surface area contributed by atoms with Crippen LogP contribution in [0.4, 0.5) is 4.39 Å². The second-order valence-corrected chi connectivity index (χ2v) is 3.59. The van der Waals surface area contributed by atoms with Crippen molar-refractivity contribution in [2.24, 2.45) is 0 Å². The molecule has 0 rings (SSSR count). The van der Waals surface area contributed by atoms with Crippen LogP contribution in [0, 0.1) is 0 Å². The van der Waals surface area contributed by atoms with Crippen LogP contribution in [0.25, 0.3) is 0 Å². The average Bonchev–Trinajstić information content (AvgIpc) is 1.87. The zero-order chi connectivity index (χ0) is 7.82. The van der Waals surface area contributed by atoms with Crippen LogP contribution in [0.2, 0.25) is 0 Å². The lowest BCUT2D eigenvalue weighted by Crippen LogP contribution is -1.86. The molecule has 0 aliphatic rings. The fourth-order valence-corrected chi connectivity index (χ4v) is 1.23. The molecule has 10 heavy (non-hydrogen) atoms. The van der Waals surface area contributed by atoms with Gasteiger partial charge in [-0.05, 0) is 12.8 Å². The Morgan fingerprint density at radius 2 is 1.80 bits per heavy atom. The molecule has 0 radical (unpaired) electrons. The molecule has 1 unspecified atom stereocenters. The molecular formula is C8H16BrF. The van der Waals surface area contributed by atoms with E-state index in [4.69, 9.17) is 0 Å². The lowest BCUT2D eigenvalue weighted by molar-refractivity contribution is 0.420. The summed E-state index contributed by atoms with van der Waals surface area (Å²) in [6, 6.07) is 0. The SMILES string of the molecule is CCCCCCCC(F)Br. The standard InChI is InChI=1S/C8H16BrF/c1-2-3-4-5-6-7-8(9)10/h8H,2-7H2,1H3. The topological polar surface area (TPSA) is 0 Å². The first-order valence-electron chi connectivity index (χ1n) is 4.05. The van der Waals surface area contributed by atoms with Gasteiger partial charge in [0.1, 0.15) is 0 Å². The third kappa shape index (κ3) is 8.41. The molecule has 0 saturated heterocycles. The van der Waals surface area contributed by atoms with Gasteiger partial charge in [0.2, 0.25) is 0 Å². The molecule has 0 saturated carbocycles. The summed E-state index contributed by atoms with van der Waals surface area (Å²) >= 11 is 2.88. The molecule has 2 heteroatoms. The molecule has 0 fully saturated rings. The van der Waals surface area contributed by atoms with Gasteiger partial charge < -0.3 is 0 Å². The van der Waals surface area contributed by atoms with Gasteiger partial charge in [0.15, 0.2) is 5.08 Å². The lowest BCUT2D eigenvalue weighted by atomic mass is 10.1. The van der Waals surface area contributed by atoms with Crippen LogP contribution in [0.5, 0.6) is 0 Å². The number of alkyl halides is 2. The Morgan fingerprint density at radius 3 is 2.30 bits per heavy atom. The molecule has 0 heterocycles. The predicted octanol–water partition coefficient (Wildman–Crippen LogP) is 4.04. The van der Waals surface area contributed by atoms with Crippen molar-refractivity contribution in [3.05, 3.63) is 0 Å². The first kappa shape index (κ1) is 10.4. The molecule has 0 aromatic heterocycles. The largest absolute Gasteiger partial charge is 0.235 e. The minimum Gasteiger partial charge on any atom is -0.235 e. The maximum Gasteiger partial charge on any atom is 0.154 e. The van der Waals surface area contributed by atoms with Gasteiger partial charge in [-0.25, -0.2) is 4.39 Å². The van der Waals surface area contributed by atoms with Gasteiger partial charge in [-0.3, -0.25) is 0 Å². The Morgan fingerprint density at radius 1 is 1.20 bits per heavy atom. The molecule has 0 amide bonds. The van der Waals surface area contributed by atoms with Gasteiger partial charge in [0.05, 0.1) is 0 Å². The van der Waals surface area contributed by atoms with E-state index in [2.05, 4.69) is 22.9 Å². The number of hydrogen-bond acceptors (Lipinski definition) is 0. The van der Waals surface area contributed by atoms with Crippen molar-refractivity contribution in [3.8, 4) is 0 Å². The van der Waals surface area contributed by atoms with Gasteiger partial charge in [0.25, 0.3) is 0 Å². The van der Waals surface area contributed by atoms with Crippen LogP contribution in [-0.2, 0) is 0 Å². The highest BCUT2D eigenvalue weighted by Gasteiger charge is 1.97. The van der Waals surface area contributed by atoms with Gasteiger partial charge in [-0.2, -0.15) is 0 Å². The molecule has 0 aliphatic heterocycles. The smallest absolute Gasteiger partial charge is 0.154 e. The van der Waals surface area contributed by atoms with E-state index in [1.165, 1.54) is 25.7 Å². The molecule has 0 spiro atoms. The summed E-state index contributed by atoms with van der Waals surface area (Å²) in [7, 11) is 0. The Bertz CT molecular complexity index is 64.3. The molecule has 62 valence electrons. The summed E-state index contributed by atoms with van der Waals surface area (Å²) in [4.78, 5) is 0. The van der Waals surface area contributed by atoms with Crippen LogP contribution < -0.4 is 0 Å². The zero-order valence-corrected chi connectivity index (χ0v) is 8.16. The summed E-state index contributed by atoms with van der Waals surface area (Å²) < 4.78 is 12.1. The van der Waals surface area contributed by atoms with Crippen molar-refractivity contribution in [2.45, 2.75) is 50.5 Å². The highest BCUT2D eigenvalue weighted by molar-refractivity contribution is 9.09. The monoisotopic (exact) mass is 210 g/mol. The Labute approximate surface area is 71.3 Å². The van der Waals surface area contributed by atoms with Crippen molar-refractivity contribution in [3.63, 3.8) is 0 Å². The molecular weight excluding hydrogens is 195 g/mol. The van der Waals surface area contributed by atoms with Crippen molar-refractivity contribution < 1.29 is 4.39 Å². The third-order valence-electron chi connectivity index (χ3n) is 1.53. The number of halogens is 2. The van der Waals surface area contributed by atoms with E-state index in [9.17, 15) is 4.39 Å². The van der Waals surface area contributed by atoms with E-state index in [1.807, 2.05) is 0 Å². The number of unbranched alkanes of at least 4 members (excludes halogenated alkanes) is 4. The fraction of sp³-hybridized carbons (Fsp3) is 1.00. The second-order valence-electron chi connectivity index (χ2n) is 2.59. The normalized spacial score (nSPS) is 13.5. The lowest BCUT2D eigenvalue weighted by Gasteiger charge is -1.99. The van der Waals surface area contributed by atoms with Crippen LogP contribution in [0.1, 0.15) is 45.4 Å². The minimum atomic E-state index is -0.783. The fourth-order valence-electron chi connectivity index (χ4n) is 0.902. The summed E-state index contributed by atoms with van der Waals surface area (Å²) in [5, 5.41) is -0.783. The average molecular weight is 211 g/mol. The summed E-state index contributed by atoms with van der Waals surface area (Å²) in [6.45, 7) is 2.18. The van der Waals surface area contributed by atoms with Gasteiger partial charge in [-0.1, -0.05) is 48.5 Å².